The monoisotopic (exact) mass is 707 g/mol. The summed E-state index contributed by atoms with van der Waals surface area (Å²) in [6.07, 6.45) is 0. The molecule has 0 spiro atoms. The van der Waals surface area contributed by atoms with Crippen LogP contribution in [0.1, 0.15) is 11.1 Å². The van der Waals surface area contributed by atoms with Gasteiger partial charge in [-0.15, -0.1) is 0 Å². The molecule has 0 unspecified atom stereocenters. The normalized spacial score (nSPS) is 11.4. The number of rotatable bonds is 8. The molecule has 0 saturated heterocycles. The highest BCUT2D eigenvalue weighted by atomic mass is 28.3. The van der Waals surface area contributed by atoms with Crippen molar-refractivity contribution in [3.05, 3.63) is 217 Å². The second-order valence-corrected chi connectivity index (χ2v) is 17.6. The van der Waals surface area contributed by atoms with E-state index in [9.17, 15) is 5.26 Å². The molecule has 1 aromatic heterocycles. The van der Waals surface area contributed by atoms with Gasteiger partial charge in [-0.2, -0.15) is 5.26 Å². The molecule has 0 atom stereocenters. The van der Waals surface area contributed by atoms with Crippen LogP contribution < -0.4 is 25.6 Å². The molecule has 9 aromatic rings. The highest BCUT2D eigenvalue weighted by Crippen LogP contribution is 2.39. The average molecular weight is 708 g/mol. The molecular formula is C50H37N3Si. The summed E-state index contributed by atoms with van der Waals surface area (Å²) in [5, 5.41) is 17.3. The van der Waals surface area contributed by atoms with E-state index in [0.29, 0.717) is 5.56 Å². The van der Waals surface area contributed by atoms with Gasteiger partial charge in [-0.25, -0.2) is 0 Å². The van der Waals surface area contributed by atoms with Gasteiger partial charge in [0.2, 0.25) is 0 Å². The molecule has 256 valence electrons. The molecule has 0 aliphatic carbocycles. The van der Waals surface area contributed by atoms with E-state index < -0.39 is 8.07 Å². The van der Waals surface area contributed by atoms with Gasteiger partial charge in [0.25, 0.3) is 0 Å². The molecule has 0 aliphatic rings. The van der Waals surface area contributed by atoms with Crippen LogP contribution >= 0.6 is 0 Å². The van der Waals surface area contributed by atoms with Crippen LogP contribution in [0.15, 0.2) is 206 Å². The summed E-state index contributed by atoms with van der Waals surface area (Å²) in [6, 6.07) is 76.8. The number of nitrogens with zero attached hydrogens (tertiary/aromatic N) is 3. The zero-order chi connectivity index (χ0) is 36.5. The van der Waals surface area contributed by atoms with E-state index in [4.69, 9.17) is 0 Å². The van der Waals surface area contributed by atoms with Gasteiger partial charge in [0.15, 0.2) is 8.07 Å². The fourth-order valence-corrected chi connectivity index (χ4v) is 12.9. The molecule has 4 heteroatoms. The maximum atomic E-state index is 9.58. The van der Waals surface area contributed by atoms with Crippen molar-refractivity contribution in [2.45, 2.75) is 6.92 Å². The Labute approximate surface area is 317 Å². The number of aromatic nitrogens is 1. The summed E-state index contributed by atoms with van der Waals surface area (Å²) in [5.41, 5.74) is 8.37. The molecule has 0 N–H and O–H groups in total. The lowest BCUT2D eigenvalue weighted by molar-refractivity contribution is 1.18. The third kappa shape index (κ3) is 5.59. The Hall–Kier alpha value is -6.93. The molecule has 0 fully saturated rings. The van der Waals surface area contributed by atoms with E-state index >= 15 is 0 Å². The van der Waals surface area contributed by atoms with Crippen molar-refractivity contribution in [1.82, 2.24) is 4.57 Å². The van der Waals surface area contributed by atoms with Crippen LogP contribution in [-0.4, -0.2) is 12.6 Å². The third-order valence-electron chi connectivity index (χ3n) is 10.6. The minimum atomic E-state index is -2.78. The Morgan fingerprint density at radius 2 is 0.889 bits per heavy atom. The predicted octanol–water partition coefficient (Wildman–Crippen LogP) is 9.81. The molecule has 3 nitrogen and oxygen atoms in total. The Kier molecular flexibility index (Phi) is 8.47. The molecule has 1 heterocycles. The number of fused-ring (bicyclic) bond motifs is 3. The zero-order valence-electron chi connectivity index (χ0n) is 30.0. The molecular weight excluding hydrogens is 671 g/mol. The van der Waals surface area contributed by atoms with Crippen molar-refractivity contribution < 1.29 is 0 Å². The molecule has 0 bridgehead atoms. The van der Waals surface area contributed by atoms with Crippen molar-refractivity contribution in [2.24, 2.45) is 0 Å². The minimum Gasteiger partial charge on any atom is -0.310 e. The lowest BCUT2D eigenvalue weighted by Crippen LogP contribution is -2.74. The summed E-state index contributed by atoms with van der Waals surface area (Å²) in [6.45, 7) is 2.11. The van der Waals surface area contributed by atoms with Gasteiger partial charge >= 0.3 is 0 Å². The molecule has 0 aliphatic heterocycles. The fraction of sp³-hybridized carbons (Fsp3) is 0.0200. The number of benzene rings is 8. The van der Waals surface area contributed by atoms with E-state index in [-0.39, 0.29) is 0 Å². The Morgan fingerprint density at radius 3 is 1.41 bits per heavy atom. The lowest BCUT2D eigenvalue weighted by atomic mass is 10.1. The molecule has 0 saturated carbocycles. The molecule has 54 heavy (non-hydrogen) atoms. The van der Waals surface area contributed by atoms with Crippen LogP contribution in [-0.2, 0) is 0 Å². The fourth-order valence-electron chi connectivity index (χ4n) is 8.13. The molecule has 9 rings (SSSR count). The Balaban J connectivity index is 1.36. The summed E-state index contributed by atoms with van der Waals surface area (Å²) in [4.78, 5) is 2.28. The quantitative estimate of drug-likeness (QED) is 0.116. The number of para-hydroxylation sites is 1. The van der Waals surface area contributed by atoms with E-state index in [1.54, 1.807) is 0 Å². The van der Waals surface area contributed by atoms with Crippen LogP contribution in [0, 0.1) is 18.3 Å². The number of anilines is 3. The van der Waals surface area contributed by atoms with E-state index in [0.717, 1.165) is 33.8 Å². The largest absolute Gasteiger partial charge is 0.310 e. The van der Waals surface area contributed by atoms with Crippen molar-refractivity contribution >= 4 is 67.7 Å². The average Bonchev–Trinajstić information content (AvgIpc) is 3.57. The molecule has 8 aromatic carbocycles. The van der Waals surface area contributed by atoms with Gasteiger partial charge in [0.1, 0.15) is 0 Å². The van der Waals surface area contributed by atoms with Crippen molar-refractivity contribution in [1.29, 1.82) is 5.26 Å². The van der Waals surface area contributed by atoms with Crippen molar-refractivity contribution in [3.63, 3.8) is 0 Å². The Bertz CT molecular complexity index is 2660. The van der Waals surface area contributed by atoms with E-state index in [2.05, 4.69) is 204 Å². The SMILES string of the molecule is Cc1ccc(N(c2ccc(C#N)cc2)c2ccc3c(c2)c2cc([Si](c4ccccc4)(c4ccccc4)c4ccccc4)ccc2n3-c2ccccc2)cc1. The first-order valence-corrected chi connectivity index (χ1v) is 20.3. The zero-order valence-corrected chi connectivity index (χ0v) is 31.0. The number of nitriles is 1. The summed E-state index contributed by atoms with van der Waals surface area (Å²) >= 11 is 0. The smallest absolute Gasteiger partial charge is 0.179 e. The topological polar surface area (TPSA) is 32.0 Å². The van der Waals surface area contributed by atoms with Crippen LogP contribution in [0.5, 0.6) is 0 Å². The van der Waals surface area contributed by atoms with Gasteiger partial charge in [-0.1, -0.05) is 139 Å². The minimum absolute atomic E-state index is 0.638. The van der Waals surface area contributed by atoms with Crippen LogP contribution in [0.25, 0.3) is 27.5 Å². The second-order valence-electron chi connectivity index (χ2n) is 13.8. The number of hydrogen-bond acceptors (Lipinski definition) is 2. The van der Waals surface area contributed by atoms with Gasteiger partial charge < -0.3 is 9.47 Å². The highest BCUT2D eigenvalue weighted by Gasteiger charge is 2.41. The first-order chi connectivity index (χ1) is 26.6. The van der Waals surface area contributed by atoms with Crippen LogP contribution in [0.3, 0.4) is 0 Å². The maximum Gasteiger partial charge on any atom is 0.179 e. The first-order valence-electron chi connectivity index (χ1n) is 18.3. The van der Waals surface area contributed by atoms with E-state index in [1.165, 1.54) is 37.1 Å². The number of aryl methyl sites for hydroxylation is 1. The standard InChI is InChI=1S/C50H37N3Si/c1-37-22-26-40(27-23-37)52(41-28-24-38(36-51)25-29-41)42-30-32-49-47(34-42)48-35-46(31-33-50(48)53(49)39-14-6-2-7-15-39)54(43-16-8-3-9-17-43,44-18-10-4-11-19-44)45-20-12-5-13-21-45/h2-35H,1H3. The number of hydrogen-bond donors (Lipinski definition) is 0. The second kappa shape index (κ2) is 13.9. The Morgan fingerprint density at radius 1 is 0.444 bits per heavy atom. The van der Waals surface area contributed by atoms with Gasteiger partial charge in [0, 0.05) is 33.5 Å². The van der Waals surface area contributed by atoms with Crippen LogP contribution in [0.2, 0.25) is 0 Å². The van der Waals surface area contributed by atoms with Crippen LogP contribution in [0.4, 0.5) is 17.1 Å². The lowest BCUT2D eigenvalue weighted by Gasteiger charge is -2.34. The molecule has 0 amide bonds. The van der Waals surface area contributed by atoms with Crippen molar-refractivity contribution in [3.8, 4) is 11.8 Å². The molecule has 0 radical (unpaired) electrons. The summed E-state index contributed by atoms with van der Waals surface area (Å²) in [5.74, 6) is 0. The summed E-state index contributed by atoms with van der Waals surface area (Å²) in [7, 11) is -2.78. The summed E-state index contributed by atoms with van der Waals surface area (Å²) < 4.78 is 2.40. The van der Waals surface area contributed by atoms with Gasteiger partial charge in [0.05, 0.1) is 22.7 Å². The predicted molar refractivity (Wildman–Crippen MR) is 229 cm³/mol. The van der Waals surface area contributed by atoms with Gasteiger partial charge in [-0.05, 0) is 100 Å². The van der Waals surface area contributed by atoms with Crippen molar-refractivity contribution in [2.75, 3.05) is 4.90 Å². The third-order valence-corrected chi connectivity index (χ3v) is 15.4. The maximum absolute atomic E-state index is 9.58. The highest BCUT2D eigenvalue weighted by molar-refractivity contribution is 7.20. The van der Waals surface area contributed by atoms with E-state index in [1.807, 2.05) is 24.3 Å². The first kappa shape index (κ1) is 32.9. The van der Waals surface area contributed by atoms with Gasteiger partial charge in [-0.3, -0.25) is 0 Å².